The van der Waals surface area contributed by atoms with E-state index in [9.17, 15) is 0 Å². The van der Waals surface area contributed by atoms with E-state index in [0.29, 0.717) is 12.6 Å². The second-order valence-electron chi connectivity index (χ2n) is 7.71. The molecule has 0 N–H and O–H groups in total. The topological polar surface area (TPSA) is 19.4 Å². The number of hydrogen-bond donors (Lipinski definition) is 0. The second-order valence-corrected chi connectivity index (χ2v) is 7.71. The highest BCUT2D eigenvalue weighted by atomic mass is 15.6. The summed E-state index contributed by atoms with van der Waals surface area (Å²) >= 11 is 0. The van der Waals surface area contributed by atoms with Gasteiger partial charge in [0, 0.05) is 26.2 Å². The quantitative estimate of drug-likeness (QED) is 0.505. The molecule has 5 aliphatic rings. The van der Waals surface area contributed by atoms with Crippen LogP contribution in [0.15, 0.2) is 0 Å². The summed E-state index contributed by atoms with van der Waals surface area (Å²) in [5.74, 6) is 0. The van der Waals surface area contributed by atoms with Crippen LogP contribution >= 0.6 is 0 Å². The zero-order valence-electron chi connectivity index (χ0n) is 13.7. The van der Waals surface area contributed by atoms with Gasteiger partial charge in [-0.2, -0.15) is 0 Å². The molecule has 0 atom stereocenters. The van der Waals surface area contributed by atoms with Gasteiger partial charge in [0.05, 0.1) is 0 Å². The molecule has 0 aliphatic carbocycles. The van der Waals surface area contributed by atoms with Crippen LogP contribution in [-0.4, -0.2) is 109 Å². The summed E-state index contributed by atoms with van der Waals surface area (Å²) in [7, 11) is 2.32. The lowest BCUT2D eigenvalue weighted by molar-refractivity contribution is -0.0939. The molecule has 120 valence electrons. The molecule has 22 heavy (non-hydrogen) atoms. The molecule has 5 aliphatic heterocycles. The molecule has 0 spiro atoms. The third kappa shape index (κ3) is 2.27. The lowest BCUT2D eigenvalue weighted by Crippen LogP contribution is -2.77. The van der Waals surface area contributed by atoms with Gasteiger partial charge in [-0.1, -0.05) is 0 Å². The first-order valence-corrected chi connectivity index (χ1v) is 9.34. The Morgan fingerprint density at radius 1 is 0.455 bits per heavy atom. The Kier molecular flexibility index (Phi) is 3.73. The van der Waals surface area contributed by atoms with Crippen LogP contribution in [0.4, 0.5) is 0 Å². The molecule has 0 radical (unpaired) electrons. The van der Waals surface area contributed by atoms with Crippen LogP contribution in [0.1, 0.15) is 25.7 Å². The standard InChI is InChI=1S/C14H28B2N6/c1-5-17-6-2-10-20-13(17)19(9-1)15-21-11-3-7-18-8-4-12-22(16-20)14(18)21/h13-16H,1-12H2. The van der Waals surface area contributed by atoms with E-state index in [4.69, 9.17) is 0 Å². The summed E-state index contributed by atoms with van der Waals surface area (Å²) in [4.78, 5) is 16.5. The van der Waals surface area contributed by atoms with Crippen LogP contribution in [-0.2, 0) is 0 Å². The highest BCUT2D eigenvalue weighted by molar-refractivity contribution is 6.32. The maximum atomic E-state index is 2.76. The lowest BCUT2D eigenvalue weighted by Gasteiger charge is -2.60. The maximum Gasteiger partial charge on any atom is 0.296 e. The van der Waals surface area contributed by atoms with Gasteiger partial charge in [0.25, 0.3) is 15.1 Å². The molecule has 5 rings (SSSR count). The zero-order chi connectivity index (χ0) is 14.5. The fraction of sp³-hybridized carbons (Fsp3) is 1.00. The van der Waals surface area contributed by atoms with E-state index in [1.54, 1.807) is 0 Å². The van der Waals surface area contributed by atoms with Gasteiger partial charge in [0.1, 0.15) is 12.6 Å². The Labute approximate surface area is 135 Å². The minimum Gasteiger partial charge on any atom is -0.304 e. The second kappa shape index (κ2) is 5.76. The van der Waals surface area contributed by atoms with Gasteiger partial charge in [-0.05, 0) is 51.9 Å². The van der Waals surface area contributed by atoms with Gasteiger partial charge < -0.3 is 19.2 Å². The highest BCUT2D eigenvalue weighted by Gasteiger charge is 2.45. The van der Waals surface area contributed by atoms with Crippen molar-refractivity contribution in [3.8, 4) is 0 Å². The summed E-state index contributed by atoms with van der Waals surface area (Å²) in [5.41, 5.74) is 0. The van der Waals surface area contributed by atoms with Gasteiger partial charge >= 0.3 is 0 Å². The molecule has 0 aromatic heterocycles. The molecular formula is C14H28B2N6. The van der Waals surface area contributed by atoms with E-state index in [-0.39, 0.29) is 0 Å². The van der Waals surface area contributed by atoms with Crippen LogP contribution < -0.4 is 0 Å². The largest absolute Gasteiger partial charge is 0.304 e. The fourth-order valence-electron chi connectivity index (χ4n) is 5.48. The van der Waals surface area contributed by atoms with Gasteiger partial charge in [-0.15, -0.1) is 0 Å². The normalized spacial score (nSPS) is 39.1. The third-order valence-corrected chi connectivity index (χ3v) is 6.25. The van der Waals surface area contributed by atoms with Crippen LogP contribution in [0.5, 0.6) is 0 Å². The summed E-state index contributed by atoms with van der Waals surface area (Å²) in [6, 6.07) is 0. The van der Waals surface area contributed by atoms with Crippen molar-refractivity contribution in [1.82, 2.24) is 29.0 Å². The Morgan fingerprint density at radius 2 is 0.773 bits per heavy atom. The van der Waals surface area contributed by atoms with Crippen molar-refractivity contribution >= 4 is 15.1 Å². The zero-order valence-corrected chi connectivity index (χ0v) is 13.7. The van der Waals surface area contributed by atoms with Crippen molar-refractivity contribution in [3.05, 3.63) is 0 Å². The summed E-state index contributed by atoms with van der Waals surface area (Å²) in [6.45, 7) is 10.3. The molecule has 0 saturated carbocycles. The molecule has 6 nitrogen and oxygen atoms in total. The van der Waals surface area contributed by atoms with Gasteiger partial charge in [0.2, 0.25) is 0 Å². The lowest BCUT2D eigenvalue weighted by atomic mass is 9.89. The Balaban J connectivity index is 1.47. The molecule has 0 aromatic carbocycles. The van der Waals surface area contributed by atoms with Gasteiger partial charge in [-0.3, -0.25) is 9.80 Å². The van der Waals surface area contributed by atoms with Gasteiger partial charge in [-0.25, -0.2) is 0 Å². The van der Waals surface area contributed by atoms with E-state index in [1.807, 2.05) is 0 Å². The van der Waals surface area contributed by atoms with Crippen LogP contribution in [0.2, 0.25) is 0 Å². The first-order valence-electron chi connectivity index (χ1n) is 9.34. The predicted molar refractivity (Wildman–Crippen MR) is 90.3 cm³/mol. The maximum absolute atomic E-state index is 2.76. The fourth-order valence-corrected chi connectivity index (χ4v) is 5.48. The van der Waals surface area contributed by atoms with E-state index in [2.05, 4.69) is 29.0 Å². The number of hydrogen-bond acceptors (Lipinski definition) is 6. The Bertz CT molecular complexity index is 356. The molecule has 5 saturated heterocycles. The average Bonchev–Trinajstić information content (AvgIpc) is 2.54. The molecule has 0 bridgehead atoms. The minimum atomic E-state index is 0.570. The van der Waals surface area contributed by atoms with Crippen molar-refractivity contribution in [2.24, 2.45) is 0 Å². The average molecular weight is 302 g/mol. The smallest absolute Gasteiger partial charge is 0.296 e. The predicted octanol–water partition coefficient (Wildman–Crippen LogP) is -1.47. The monoisotopic (exact) mass is 302 g/mol. The minimum absolute atomic E-state index is 0.570. The molecular weight excluding hydrogens is 274 g/mol. The highest BCUT2D eigenvalue weighted by Crippen LogP contribution is 2.29. The van der Waals surface area contributed by atoms with Crippen LogP contribution in [0.25, 0.3) is 0 Å². The van der Waals surface area contributed by atoms with Crippen molar-refractivity contribution < 1.29 is 0 Å². The molecule has 0 aromatic rings. The number of rotatable bonds is 0. The third-order valence-electron chi connectivity index (χ3n) is 6.25. The van der Waals surface area contributed by atoms with Crippen molar-refractivity contribution in [2.45, 2.75) is 38.3 Å². The number of nitrogens with zero attached hydrogens (tertiary/aromatic N) is 6. The first kappa shape index (κ1) is 14.3. The molecule has 8 heteroatoms. The van der Waals surface area contributed by atoms with E-state index >= 15 is 0 Å². The SMILES string of the molecule is B1N2CCCN3CCCN(BN4CCCN5CCCN1C45)C23. The van der Waals surface area contributed by atoms with Crippen molar-refractivity contribution in [3.63, 3.8) is 0 Å². The summed E-state index contributed by atoms with van der Waals surface area (Å²) in [6.07, 6.45) is 6.51. The molecule has 5 heterocycles. The molecule has 5 fully saturated rings. The summed E-state index contributed by atoms with van der Waals surface area (Å²) in [5, 5.41) is 0. The Morgan fingerprint density at radius 3 is 1.09 bits per heavy atom. The molecule has 0 amide bonds. The Hall–Kier alpha value is -0.110. The van der Waals surface area contributed by atoms with E-state index in [0.717, 1.165) is 15.1 Å². The van der Waals surface area contributed by atoms with Crippen molar-refractivity contribution in [2.75, 3.05) is 52.4 Å². The van der Waals surface area contributed by atoms with E-state index in [1.165, 1.54) is 78.0 Å². The molecule has 0 unspecified atom stereocenters. The van der Waals surface area contributed by atoms with E-state index < -0.39 is 0 Å². The van der Waals surface area contributed by atoms with Gasteiger partial charge in [0.15, 0.2) is 0 Å². The summed E-state index contributed by atoms with van der Waals surface area (Å²) < 4.78 is 0. The van der Waals surface area contributed by atoms with Crippen LogP contribution in [0.3, 0.4) is 0 Å². The van der Waals surface area contributed by atoms with Crippen molar-refractivity contribution in [1.29, 1.82) is 0 Å². The van der Waals surface area contributed by atoms with Crippen LogP contribution in [0, 0.1) is 0 Å². The first-order chi connectivity index (χ1) is 10.9.